The van der Waals surface area contributed by atoms with E-state index in [1.165, 1.54) is 16.7 Å². The summed E-state index contributed by atoms with van der Waals surface area (Å²) in [6, 6.07) is 13.0. The van der Waals surface area contributed by atoms with E-state index < -0.39 is 0 Å². The molecule has 4 rings (SSSR count). The van der Waals surface area contributed by atoms with E-state index in [2.05, 4.69) is 16.2 Å². The molecule has 7 nitrogen and oxygen atoms in total. The van der Waals surface area contributed by atoms with Gasteiger partial charge in [0, 0.05) is 0 Å². The lowest BCUT2D eigenvalue weighted by atomic mass is 10.1. The summed E-state index contributed by atoms with van der Waals surface area (Å²) in [4.78, 5) is 31.2. The molecule has 0 saturated heterocycles. The number of rotatable bonds is 5. The number of anilines is 1. The molecule has 0 aromatic heterocycles. The molecule has 0 spiro atoms. The lowest BCUT2D eigenvalue weighted by Gasteiger charge is -2.17. The zero-order chi connectivity index (χ0) is 21.8. The molecule has 31 heavy (non-hydrogen) atoms. The van der Waals surface area contributed by atoms with Gasteiger partial charge in [0.15, 0.2) is 16.7 Å². The van der Waals surface area contributed by atoms with Crippen LogP contribution >= 0.6 is 11.8 Å². The van der Waals surface area contributed by atoms with Gasteiger partial charge in [-0.25, -0.2) is 4.99 Å². The average molecular weight is 433 g/mol. The van der Waals surface area contributed by atoms with Crippen molar-refractivity contribution in [3.8, 4) is 23.8 Å². The highest BCUT2D eigenvalue weighted by Gasteiger charge is 2.32. The van der Waals surface area contributed by atoms with Crippen molar-refractivity contribution < 1.29 is 19.1 Å². The first-order valence-corrected chi connectivity index (χ1v) is 10.5. The predicted octanol–water partition coefficient (Wildman–Crippen LogP) is 2.95. The molecular weight excluding hydrogens is 414 g/mol. The van der Waals surface area contributed by atoms with E-state index in [9.17, 15) is 9.59 Å². The Balaban J connectivity index is 1.62. The fourth-order valence-corrected chi connectivity index (χ4v) is 3.85. The number of nitrogens with one attached hydrogen (secondary N) is 1. The van der Waals surface area contributed by atoms with E-state index in [1.54, 1.807) is 18.2 Å². The number of thioether (sulfide) groups is 1. The van der Waals surface area contributed by atoms with Crippen molar-refractivity contribution in [3.63, 3.8) is 0 Å². The second-order valence-electron chi connectivity index (χ2n) is 6.78. The minimum Gasteiger partial charge on any atom is -0.454 e. The number of benzene rings is 2. The fourth-order valence-electron chi connectivity index (χ4n) is 3.01. The van der Waals surface area contributed by atoms with Crippen molar-refractivity contribution in [2.24, 2.45) is 4.99 Å². The molecule has 1 N–H and O–H groups in total. The first-order chi connectivity index (χ1) is 15.0. The maximum Gasteiger partial charge on any atom is 0.283 e. The lowest BCUT2D eigenvalue weighted by molar-refractivity contribution is -0.118. The number of aryl methyl sites for hydroxylation is 1. The van der Waals surface area contributed by atoms with Gasteiger partial charge in [0.05, 0.1) is 18.0 Å². The van der Waals surface area contributed by atoms with E-state index in [4.69, 9.17) is 15.9 Å². The first kappa shape index (κ1) is 20.6. The maximum atomic E-state index is 13.2. The third-order valence-electron chi connectivity index (χ3n) is 4.54. The van der Waals surface area contributed by atoms with Gasteiger partial charge >= 0.3 is 0 Å². The Morgan fingerprint density at radius 2 is 2.03 bits per heavy atom. The van der Waals surface area contributed by atoms with Crippen molar-refractivity contribution in [3.05, 3.63) is 59.3 Å². The van der Waals surface area contributed by atoms with Gasteiger partial charge in [-0.05, 0) is 42.8 Å². The molecule has 156 valence electrons. The summed E-state index contributed by atoms with van der Waals surface area (Å²) in [5.41, 5.74) is 2.79. The number of amidine groups is 1. The Kier molecular flexibility index (Phi) is 5.96. The number of fused-ring (bicyclic) bond motifs is 1. The van der Waals surface area contributed by atoms with Gasteiger partial charge in [-0.3, -0.25) is 14.5 Å². The van der Waals surface area contributed by atoms with E-state index in [0.29, 0.717) is 22.4 Å². The monoisotopic (exact) mass is 433 g/mol. The number of carbonyl (C=O) groups excluding carboxylic acids is 2. The molecule has 0 bridgehead atoms. The molecule has 2 heterocycles. The van der Waals surface area contributed by atoms with Crippen LogP contribution in [0.1, 0.15) is 11.1 Å². The number of aliphatic imine (C=N–C) groups is 1. The molecule has 0 unspecified atom stereocenters. The second-order valence-corrected chi connectivity index (χ2v) is 7.72. The van der Waals surface area contributed by atoms with Gasteiger partial charge in [-0.15, -0.1) is 6.42 Å². The summed E-state index contributed by atoms with van der Waals surface area (Å²) in [5.74, 6) is 3.24. The number of carbonyl (C=O) groups is 2. The second kappa shape index (κ2) is 8.98. The van der Waals surface area contributed by atoms with Crippen molar-refractivity contribution in [2.75, 3.05) is 24.0 Å². The van der Waals surface area contributed by atoms with E-state index in [-0.39, 0.29) is 36.6 Å². The topological polar surface area (TPSA) is 80.2 Å². The average Bonchev–Trinajstić information content (AvgIpc) is 3.35. The quantitative estimate of drug-likeness (QED) is 0.579. The zero-order valence-corrected chi connectivity index (χ0v) is 17.6. The summed E-state index contributed by atoms with van der Waals surface area (Å²) in [5, 5.41) is 3.04. The van der Waals surface area contributed by atoms with Gasteiger partial charge in [-0.2, -0.15) is 0 Å². The Morgan fingerprint density at radius 3 is 2.81 bits per heavy atom. The van der Waals surface area contributed by atoms with Crippen LogP contribution in [0, 0.1) is 19.3 Å². The molecule has 0 atom stereocenters. The molecule has 8 heteroatoms. The van der Waals surface area contributed by atoms with Crippen molar-refractivity contribution >= 4 is 40.5 Å². The molecule has 0 radical (unpaired) electrons. The number of hydrogen-bond donors (Lipinski definition) is 1. The van der Waals surface area contributed by atoms with Gasteiger partial charge in [0.25, 0.3) is 5.91 Å². The summed E-state index contributed by atoms with van der Waals surface area (Å²) in [7, 11) is 0. The van der Waals surface area contributed by atoms with Crippen LogP contribution in [-0.4, -0.2) is 36.1 Å². The third kappa shape index (κ3) is 4.57. The molecule has 2 aliphatic rings. The first-order valence-electron chi connectivity index (χ1n) is 9.49. The molecule has 2 aromatic rings. The highest BCUT2D eigenvalue weighted by molar-refractivity contribution is 8.14. The van der Waals surface area contributed by atoms with Gasteiger partial charge in [0.1, 0.15) is 5.70 Å². The SMILES string of the molecule is C#CCNC(=O)CSC1=N/C(=C/c2ccc3c(c2)OCO3)C(=O)N1c1ccc(C)cc1. The van der Waals surface area contributed by atoms with Crippen LogP contribution < -0.4 is 19.7 Å². The molecule has 0 saturated carbocycles. The third-order valence-corrected chi connectivity index (χ3v) is 5.48. The van der Waals surface area contributed by atoms with E-state index in [0.717, 1.165) is 11.1 Å². The minimum atomic E-state index is -0.270. The summed E-state index contributed by atoms with van der Waals surface area (Å²) >= 11 is 1.18. The van der Waals surface area contributed by atoms with Crippen molar-refractivity contribution in [1.29, 1.82) is 0 Å². The number of nitrogens with zero attached hydrogens (tertiary/aromatic N) is 2. The molecule has 2 aliphatic heterocycles. The lowest BCUT2D eigenvalue weighted by Crippen LogP contribution is -2.32. The van der Waals surface area contributed by atoms with E-state index >= 15 is 0 Å². The Hall–Kier alpha value is -3.70. The van der Waals surface area contributed by atoms with Crippen LogP contribution in [0.4, 0.5) is 5.69 Å². The van der Waals surface area contributed by atoms with Crippen LogP contribution in [-0.2, 0) is 9.59 Å². The molecule has 2 aromatic carbocycles. The largest absolute Gasteiger partial charge is 0.454 e. The Bertz CT molecular complexity index is 1130. The van der Waals surface area contributed by atoms with Crippen molar-refractivity contribution in [1.82, 2.24) is 5.32 Å². The van der Waals surface area contributed by atoms with Gasteiger partial charge in [-0.1, -0.05) is 41.4 Å². The number of hydrogen-bond acceptors (Lipinski definition) is 6. The Morgan fingerprint density at radius 1 is 1.26 bits per heavy atom. The standard InChI is InChI=1S/C23H19N3O4S/c1-3-10-24-21(27)13-31-23-25-18(11-16-6-9-19-20(12-16)30-14-29-19)22(28)26(23)17-7-4-15(2)5-8-17/h1,4-9,11-12H,10,13-14H2,2H3,(H,24,27)/b18-11+. The number of amides is 2. The van der Waals surface area contributed by atoms with Crippen molar-refractivity contribution in [2.45, 2.75) is 6.92 Å². The Labute approximate surface area is 184 Å². The zero-order valence-electron chi connectivity index (χ0n) is 16.8. The highest BCUT2D eigenvalue weighted by atomic mass is 32.2. The number of terminal acetylenes is 1. The van der Waals surface area contributed by atoms with E-state index in [1.807, 2.05) is 37.3 Å². The molecule has 0 fully saturated rings. The number of ether oxygens (including phenoxy) is 2. The van der Waals surface area contributed by atoms with Crippen LogP contribution in [0.25, 0.3) is 6.08 Å². The van der Waals surface area contributed by atoms with Crippen LogP contribution in [0.5, 0.6) is 11.5 Å². The summed E-state index contributed by atoms with van der Waals surface area (Å²) in [6.45, 7) is 2.30. The maximum absolute atomic E-state index is 13.2. The minimum absolute atomic E-state index is 0.0907. The fraction of sp³-hybridized carbons (Fsp3) is 0.174. The van der Waals surface area contributed by atoms with Crippen LogP contribution in [0.15, 0.2) is 53.2 Å². The van der Waals surface area contributed by atoms with Crippen LogP contribution in [0.2, 0.25) is 0 Å². The summed E-state index contributed by atoms with van der Waals surface area (Å²) < 4.78 is 10.7. The van der Waals surface area contributed by atoms with Gasteiger partial charge < -0.3 is 14.8 Å². The normalized spacial score (nSPS) is 15.7. The molecular formula is C23H19N3O4S. The molecule has 2 amide bonds. The van der Waals surface area contributed by atoms with Gasteiger partial charge in [0.2, 0.25) is 12.7 Å². The highest BCUT2D eigenvalue weighted by Crippen LogP contribution is 2.34. The smallest absolute Gasteiger partial charge is 0.283 e. The summed E-state index contributed by atoms with van der Waals surface area (Å²) in [6.07, 6.45) is 6.87. The predicted molar refractivity (Wildman–Crippen MR) is 121 cm³/mol. The molecule has 0 aliphatic carbocycles. The van der Waals surface area contributed by atoms with Crippen LogP contribution in [0.3, 0.4) is 0 Å².